The maximum atomic E-state index is 13.0. The third-order valence-corrected chi connectivity index (χ3v) is 18.4. The van der Waals surface area contributed by atoms with Crippen LogP contribution >= 0.6 is 15.6 Å². The third kappa shape index (κ3) is 66.2. The maximum absolute atomic E-state index is 13.0. The molecule has 0 fully saturated rings. The van der Waals surface area contributed by atoms with Gasteiger partial charge in [-0.3, -0.25) is 37.3 Å². The van der Waals surface area contributed by atoms with E-state index in [1.807, 2.05) is 0 Å². The normalized spacial score (nSPS) is 14.1. The van der Waals surface area contributed by atoms with Gasteiger partial charge in [-0.2, -0.15) is 0 Å². The average Bonchev–Trinajstić information content (AvgIpc) is 2.00. The number of phosphoric ester groups is 2. The predicted molar refractivity (Wildman–Crippen MR) is 372 cm³/mol. The minimum absolute atomic E-state index is 0.0859. The summed E-state index contributed by atoms with van der Waals surface area (Å²) in [4.78, 5) is 72.6. The van der Waals surface area contributed by atoms with Crippen LogP contribution in [0.15, 0.2) is 24.3 Å². The molecule has 0 spiro atoms. The standard InChI is InChI=1S/C73H138O17P2/c1-5-9-13-17-21-25-28-31-34-37-40-44-48-52-56-60-73(78)90-69(64-84-71(76)58-54-50-46-42-38-35-32-29-26-22-18-14-10-6-2)66-88-92(81,82)86-62-67(74)61-85-91(79,80)87-65-68(63-83-70(75)57-53-49-45-41-24-20-16-12-8-4)89-72(77)59-55-51-47-43-39-36-33-30-27-23-19-15-11-7-3/h25,28,31,34,67-69,74H,5-24,26-27,29-30,32-33,35-66H2,1-4H3,(H,79,80)(H,81,82)/b28-25-,34-31-/t67-,68+,69+/m0/s1. The topological polar surface area (TPSA) is 237 Å². The summed E-state index contributed by atoms with van der Waals surface area (Å²) in [6.07, 6.45) is 58.9. The highest BCUT2D eigenvalue weighted by atomic mass is 31.2. The van der Waals surface area contributed by atoms with Gasteiger partial charge in [0, 0.05) is 25.7 Å². The molecule has 0 amide bonds. The molecule has 5 atom stereocenters. The van der Waals surface area contributed by atoms with E-state index < -0.39 is 97.5 Å². The molecule has 0 saturated carbocycles. The van der Waals surface area contributed by atoms with Crippen molar-refractivity contribution in [2.75, 3.05) is 39.6 Å². The van der Waals surface area contributed by atoms with E-state index in [1.54, 1.807) is 0 Å². The molecule has 92 heavy (non-hydrogen) atoms. The third-order valence-electron chi connectivity index (χ3n) is 16.5. The summed E-state index contributed by atoms with van der Waals surface area (Å²) in [7, 11) is -9.91. The van der Waals surface area contributed by atoms with Gasteiger partial charge in [0.05, 0.1) is 26.4 Å². The SMILES string of the molecule is CCCCCC/C=C\C=C/CCCCCCCC(=O)O[C@H](COC(=O)CCCCCCCCCCCCCCCC)COP(=O)(O)OC[C@@H](O)COP(=O)(O)OC[C@@H](COC(=O)CCCCCCCCCCC)OC(=O)CCCCCCCCCCCCCCCC. The lowest BCUT2D eigenvalue weighted by Crippen LogP contribution is -2.30. The average molecular weight is 1350 g/mol. The quantitative estimate of drug-likeness (QED) is 0.0169. The molecule has 17 nitrogen and oxygen atoms in total. The highest BCUT2D eigenvalue weighted by molar-refractivity contribution is 7.47. The molecule has 19 heteroatoms. The van der Waals surface area contributed by atoms with Crippen LogP contribution in [0.4, 0.5) is 0 Å². The van der Waals surface area contributed by atoms with Crippen LogP contribution in [-0.2, 0) is 65.4 Å². The van der Waals surface area contributed by atoms with Crippen LogP contribution in [0.5, 0.6) is 0 Å². The molecule has 0 heterocycles. The number of rotatable bonds is 72. The summed E-state index contributed by atoms with van der Waals surface area (Å²) in [5, 5.41) is 10.6. The van der Waals surface area contributed by atoms with E-state index in [-0.39, 0.29) is 25.7 Å². The number of esters is 4. The van der Waals surface area contributed by atoms with Crippen molar-refractivity contribution in [2.45, 2.75) is 380 Å². The van der Waals surface area contributed by atoms with Crippen LogP contribution in [-0.4, -0.2) is 96.7 Å². The lowest BCUT2D eigenvalue weighted by molar-refractivity contribution is -0.161. The summed E-state index contributed by atoms with van der Waals surface area (Å²) in [5.74, 6) is -2.15. The van der Waals surface area contributed by atoms with E-state index in [4.69, 9.17) is 37.0 Å². The second-order valence-corrected chi connectivity index (χ2v) is 28.6. The number of aliphatic hydroxyl groups is 1. The summed E-state index contributed by atoms with van der Waals surface area (Å²) in [6, 6.07) is 0. The molecule has 0 bridgehead atoms. The molecular formula is C73H138O17P2. The van der Waals surface area contributed by atoms with Crippen LogP contribution in [0.1, 0.15) is 362 Å². The monoisotopic (exact) mass is 1350 g/mol. The molecule has 0 aromatic heterocycles. The molecule has 0 rings (SSSR count). The molecule has 0 aromatic rings. The van der Waals surface area contributed by atoms with Crippen molar-refractivity contribution < 1.29 is 80.2 Å². The van der Waals surface area contributed by atoms with Gasteiger partial charge in [-0.15, -0.1) is 0 Å². The maximum Gasteiger partial charge on any atom is 0.472 e. The summed E-state index contributed by atoms with van der Waals surface area (Å²) in [6.45, 7) is 4.89. The number of hydrogen-bond donors (Lipinski definition) is 3. The minimum Gasteiger partial charge on any atom is -0.462 e. The van der Waals surface area contributed by atoms with Crippen LogP contribution in [0.3, 0.4) is 0 Å². The minimum atomic E-state index is -4.96. The second kappa shape index (κ2) is 67.1. The Hall–Kier alpha value is -2.46. The zero-order valence-electron chi connectivity index (χ0n) is 59.0. The molecule has 3 N–H and O–H groups in total. The molecule has 0 aromatic carbocycles. The predicted octanol–water partition coefficient (Wildman–Crippen LogP) is 21.0. The number of carbonyl (C=O) groups excluding carboxylic acids is 4. The number of carbonyl (C=O) groups is 4. The van der Waals surface area contributed by atoms with E-state index in [9.17, 15) is 43.2 Å². The number of aliphatic hydroxyl groups excluding tert-OH is 1. The lowest BCUT2D eigenvalue weighted by Gasteiger charge is -2.21. The van der Waals surface area contributed by atoms with Gasteiger partial charge in [0.2, 0.25) is 0 Å². The zero-order chi connectivity index (χ0) is 67.5. The zero-order valence-corrected chi connectivity index (χ0v) is 60.8. The fourth-order valence-corrected chi connectivity index (χ4v) is 12.3. The van der Waals surface area contributed by atoms with E-state index in [2.05, 4.69) is 52.0 Å². The van der Waals surface area contributed by atoms with E-state index in [1.165, 1.54) is 180 Å². The van der Waals surface area contributed by atoms with Gasteiger partial charge in [0.25, 0.3) is 0 Å². The molecule has 0 aliphatic rings. The van der Waals surface area contributed by atoms with Gasteiger partial charge in [0.15, 0.2) is 12.2 Å². The molecular weight excluding hydrogens is 1210 g/mol. The van der Waals surface area contributed by atoms with Crippen molar-refractivity contribution in [3.63, 3.8) is 0 Å². The molecule has 0 aliphatic heterocycles. The van der Waals surface area contributed by atoms with Gasteiger partial charge >= 0.3 is 39.5 Å². The van der Waals surface area contributed by atoms with Crippen LogP contribution in [0.2, 0.25) is 0 Å². The highest BCUT2D eigenvalue weighted by Crippen LogP contribution is 2.45. The number of phosphoric acid groups is 2. The van der Waals surface area contributed by atoms with Crippen molar-refractivity contribution in [1.29, 1.82) is 0 Å². The highest BCUT2D eigenvalue weighted by Gasteiger charge is 2.30. The van der Waals surface area contributed by atoms with Gasteiger partial charge in [-0.05, 0) is 51.4 Å². The number of unbranched alkanes of at least 4 members (excludes halogenated alkanes) is 43. The van der Waals surface area contributed by atoms with Gasteiger partial charge < -0.3 is 33.8 Å². The van der Waals surface area contributed by atoms with Crippen molar-refractivity contribution in [2.24, 2.45) is 0 Å². The largest absolute Gasteiger partial charge is 0.472 e. The van der Waals surface area contributed by atoms with E-state index in [0.717, 1.165) is 103 Å². The Morgan fingerprint density at radius 3 is 0.793 bits per heavy atom. The van der Waals surface area contributed by atoms with Crippen LogP contribution in [0.25, 0.3) is 0 Å². The first-order valence-corrected chi connectivity index (χ1v) is 40.6. The first-order chi connectivity index (χ1) is 44.7. The van der Waals surface area contributed by atoms with E-state index in [0.29, 0.717) is 25.7 Å². The number of allylic oxidation sites excluding steroid dienone is 4. The Labute approximate surface area is 561 Å². The molecule has 0 aliphatic carbocycles. The lowest BCUT2D eigenvalue weighted by atomic mass is 10.0. The Morgan fingerprint density at radius 1 is 0.304 bits per heavy atom. The summed E-state index contributed by atoms with van der Waals surface area (Å²) >= 11 is 0. The molecule has 2 unspecified atom stereocenters. The summed E-state index contributed by atoms with van der Waals surface area (Å²) in [5.41, 5.74) is 0. The number of hydrogen-bond acceptors (Lipinski definition) is 15. The Balaban J connectivity index is 5.27. The fourth-order valence-electron chi connectivity index (χ4n) is 10.7. The second-order valence-electron chi connectivity index (χ2n) is 25.6. The Bertz CT molecular complexity index is 1850. The number of ether oxygens (including phenoxy) is 4. The molecule has 0 radical (unpaired) electrons. The van der Waals surface area contributed by atoms with Crippen molar-refractivity contribution in [3.05, 3.63) is 24.3 Å². The smallest absolute Gasteiger partial charge is 0.462 e. The fraction of sp³-hybridized carbons (Fsp3) is 0.890. The Morgan fingerprint density at radius 2 is 0.522 bits per heavy atom. The first kappa shape index (κ1) is 89.5. The van der Waals surface area contributed by atoms with E-state index >= 15 is 0 Å². The Kier molecular flexibility index (Phi) is 65.3. The molecule has 542 valence electrons. The van der Waals surface area contributed by atoms with Crippen molar-refractivity contribution in [3.8, 4) is 0 Å². The summed E-state index contributed by atoms with van der Waals surface area (Å²) < 4.78 is 68.3. The van der Waals surface area contributed by atoms with Gasteiger partial charge in [-0.1, -0.05) is 309 Å². The first-order valence-electron chi connectivity index (χ1n) is 37.6. The van der Waals surface area contributed by atoms with Crippen LogP contribution in [0, 0.1) is 0 Å². The molecule has 0 saturated heterocycles. The van der Waals surface area contributed by atoms with Crippen molar-refractivity contribution in [1.82, 2.24) is 0 Å². The van der Waals surface area contributed by atoms with Crippen molar-refractivity contribution >= 4 is 39.5 Å². The van der Waals surface area contributed by atoms with Crippen LogP contribution < -0.4 is 0 Å². The van der Waals surface area contributed by atoms with Gasteiger partial charge in [0.1, 0.15) is 19.3 Å². The van der Waals surface area contributed by atoms with Gasteiger partial charge in [-0.25, -0.2) is 9.13 Å².